The molecular weight excluding hydrogens is 328 g/mol. The molecular formula is C16H20N4O3S. The van der Waals surface area contributed by atoms with Gasteiger partial charge in [0, 0.05) is 37.8 Å². The van der Waals surface area contributed by atoms with Gasteiger partial charge in [-0.1, -0.05) is 12.1 Å². The molecule has 7 nitrogen and oxygen atoms in total. The number of methoxy groups -OCH3 is 1. The first-order valence-corrected chi connectivity index (χ1v) is 9.49. The third-order valence-corrected chi connectivity index (χ3v) is 5.35. The number of rotatable bonds is 4. The molecule has 0 radical (unpaired) electrons. The zero-order valence-corrected chi connectivity index (χ0v) is 14.5. The molecule has 1 aromatic heterocycles. The van der Waals surface area contributed by atoms with E-state index in [9.17, 15) is 8.42 Å². The standard InChI is InChI=1S/C16H20N4O3S/c1-23-14-5-3-4-13(10-14)15-11-16(18-12-17-15)19-6-8-20(9-7-19)24(2,21)22/h3-5,10-12H,6-9H2,1-2H3. The highest BCUT2D eigenvalue weighted by molar-refractivity contribution is 7.88. The molecule has 1 aromatic carbocycles. The molecule has 0 atom stereocenters. The van der Waals surface area contributed by atoms with Crippen LogP contribution in [0, 0.1) is 0 Å². The van der Waals surface area contributed by atoms with E-state index in [1.165, 1.54) is 16.9 Å². The minimum Gasteiger partial charge on any atom is -0.497 e. The van der Waals surface area contributed by atoms with Gasteiger partial charge in [-0.15, -0.1) is 0 Å². The molecule has 0 aliphatic carbocycles. The largest absolute Gasteiger partial charge is 0.497 e. The van der Waals surface area contributed by atoms with Crippen molar-refractivity contribution in [3.63, 3.8) is 0 Å². The fourth-order valence-electron chi connectivity index (χ4n) is 2.71. The summed E-state index contributed by atoms with van der Waals surface area (Å²) in [5.41, 5.74) is 1.76. The zero-order chi connectivity index (χ0) is 17.2. The molecule has 0 N–H and O–H groups in total. The number of piperazine rings is 1. The molecule has 2 aromatic rings. The first-order chi connectivity index (χ1) is 11.5. The molecule has 24 heavy (non-hydrogen) atoms. The van der Waals surface area contributed by atoms with Crippen molar-refractivity contribution in [2.75, 3.05) is 44.4 Å². The second-order valence-electron chi connectivity index (χ2n) is 5.64. The summed E-state index contributed by atoms with van der Waals surface area (Å²) >= 11 is 0. The number of benzene rings is 1. The molecule has 0 amide bonds. The van der Waals surface area contributed by atoms with Gasteiger partial charge in [0.15, 0.2) is 0 Å². The van der Waals surface area contributed by atoms with Crippen LogP contribution in [0.1, 0.15) is 0 Å². The van der Waals surface area contributed by atoms with Crippen molar-refractivity contribution in [1.82, 2.24) is 14.3 Å². The van der Waals surface area contributed by atoms with Gasteiger partial charge in [0.05, 0.1) is 19.1 Å². The molecule has 0 unspecified atom stereocenters. The number of aromatic nitrogens is 2. The third kappa shape index (κ3) is 3.65. The molecule has 0 spiro atoms. The smallest absolute Gasteiger partial charge is 0.211 e. The Hall–Kier alpha value is -2.19. The summed E-state index contributed by atoms with van der Waals surface area (Å²) < 4.78 is 29.9. The lowest BCUT2D eigenvalue weighted by atomic mass is 10.1. The molecule has 3 rings (SSSR count). The van der Waals surface area contributed by atoms with Gasteiger partial charge < -0.3 is 9.64 Å². The summed E-state index contributed by atoms with van der Waals surface area (Å²) in [5.74, 6) is 1.57. The molecule has 2 heterocycles. The van der Waals surface area contributed by atoms with Gasteiger partial charge in [0.25, 0.3) is 0 Å². The van der Waals surface area contributed by atoms with Crippen molar-refractivity contribution >= 4 is 15.8 Å². The number of anilines is 1. The molecule has 8 heteroatoms. The Bertz CT molecular complexity index is 818. The van der Waals surface area contributed by atoms with Crippen molar-refractivity contribution < 1.29 is 13.2 Å². The van der Waals surface area contributed by atoms with Gasteiger partial charge >= 0.3 is 0 Å². The van der Waals surface area contributed by atoms with E-state index in [-0.39, 0.29) is 0 Å². The predicted molar refractivity (Wildman–Crippen MR) is 92.6 cm³/mol. The minimum atomic E-state index is -3.13. The van der Waals surface area contributed by atoms with Crippen LogP contribution in [0.25, 0.3) is 11.3 Å². The quantitative estimate of drug-likeness (QED) is 0.827. The topological polar surface area (TPSA) is 75.6 Å². The second-order valence-corrected chi connectivity index (χ2v) is 7.62. The van der Waals surface area contributed by atoms with Crippen molar-refractivity contribution in [2.45, 2.75) is 0 Å². The normalized spacial score (nSPS) is 16.2. The van der Waals surface area contributed by atoms with E-state index in [1.54, 1.807) is 7.11 Å². The fraction of sp³-hybridized carbons (Fsp3) is 0.375. The van der Waals surface area contributed by atoms with E-state index < -0.39 is 10.0 Å². The van der Waals surface area contributed by atoms with E-state index in [4.69, 9.17) is 4.74 Å². The van der Waals surface area contributed by atoms with Crippen LogP contribution in [0.15, 0.2) is 36.7 Å². The molecule has 0 saturated carbocycles. The SMILES string of the molecule is COc1cccc(-c2cc(N3CCN(S(C)(=O)=O)CC3)ncn2)c1. The van der Waals surface area contributed by atoms with Gasteiger partial charge in [-0.25, -0.2) is 18.4 Å². The Kier molecular flexibility index (Phi) is 4.68. The van der Waals surface area contributed by atoms with E-state index in [0.29, 0.717) is 26.2 Å². The van der Waals surface area contributed by atoms with Crippen LogP contribution in [-0.4, -0.2) is 62.2 Å². The summed E-state index contributed by atoms with van der Waals surface area (Å²) in [6, 6.07) is 9.62. The van der Waals surface area contributed by atoms with Crippen LogP contribution in [0.5, 0.6) is 5.75 Å². The first-order valence-electron chi connectivity index (χ1n) is 7.64. The third-order valence-electron chi connectivity index (χ3n) is 4.05. The summed E-state index contributed by atoms with van der Waals surface area (Å²) in [5, 5.41) is 0. The van der Waals surface area contributed by atoms with Gasteiger partial charge in [-0.3, -0.25) is 0 Å². The van der Waals surface area contributed by atoms with E-state index in [0.717, 1.165) is 22.8 Å². The van der Waals surface area contributed by atoms with Gasteiger partial charge in [-0.05, 0) is 12.1 Å². The summed E-state index contributed by atoms with van der Waals surface area (Å²) in [4.78, 5) is 10.7. The predicted octanol–water partition coefficient (Wildman–Crippen LogP) is 1.23. The lowest BCUT2D eigenvalue weighted by Crippen LogP contribution is -2.48. The highest BCUT2D eigenvalue weighted by Crippen LogP contribution is 2.24. The Morgan fingerprint density at radius 3 is 2.50 bits per heavy atom. The highest BCUT2D eigenvalue weighted by atomic mass is 32.2. The van der Waals surface area contributed by atoms with Crippen molar-refractivity contribution in [1.29, 1.82) is 0 Å². The Morgan fingerprint density at radius 1 is 1.08 bits per heavy atom. The van der Waals surface area contributed by atoms with Crippen LogP contribution in [0.4, 0.5) is 5.82 Å². The molecule has 1 fully saturated rings. The summed E-state index contributed by atoms with van der Waals surface area (Å²) in [7, 11) is -1.50. The minimum absolute atomic E-state index is 0.470. The van der Waals surface area contributed by atoms with Gasteiger partial charge in [0.2, 0.25) is 10.0 Å². The van der Waals surface area contributed by atoms with Gasteiger partial charge in [-0.2, -0.15) is 4.31 Å². The molecule has 1 aliphatic heterocycles. The average Bonchev–Trinajstić information content (AvgIpc) is 2.61. The van der Waals surface area contributed by atoms with Crippen molar-refractivity contribution in [3.05, 3.63) is 36.7 Å². The Labute approximate surface area is 142 Å². The van der Waals surface area contributed by atoms with E-state index in [2.05, 4.69) is 14.9 Å². The van der Waals surface area contributed by atoms with E-state index in [1.807, 2.05) is 30.3 Å². The molecule has 1 aliphatic rings. The average molecular weight is 348 g/mol. The number of ether oxygens (including phenoxy) is 1. The lowest BCUT2D eigenvalue weighted by Gasteiger charge is -2.34. The molecule has 0 bridgehead atoms. The highest BCUT2D eigenvalue weighted by Gasteiger charge is 2.24. The number of hydrogen-bond acceptors (Lipinski definition) is 6. The number of nitrogens with zero attached hydrogens (tertiary/aromatic N) is 4. The van der Waals surface area contributed by atoms with Crippen LogP contribution in [-0.2, 0) is 10.0 Å². The van der Waals surface area contributed by atoms with Crippen molar-refractivity contribution in [3.8, 4) is 17.0 Å². The van der Waals surface area contributed by atoms with E-state index >= 15 is 0 Å². The van der Waals surface area contributed by atoms with Gasteiger partial charge in [0.1, 0.15) is 17.9 Å². The Morgan fingerprint density at radius 2 is 1.83 bits per heavy atom. The monoisotopic (exact) mass is 348 g/mol. The van der Waals surface area contributed by atoms with Crippen LogP contribution in [0.3, 0.4) is 0 Å². The number of hydrogen-bond donors (Lipinski definition) is 0. The van der Waals surface area contributed by atoms with Crippen LogP contribution < -0.4 is 9.64 Å². The summed E-state index contributed by atoms with van der Waals surface area (Å²) in [6.45, 7) is 2.16. The van der Waals surface area contributed by atoms with Crippen LogP contribution in [0.2, 0.25) is 0 Å². The Balaban J connectivity index is 1.79. The molecule has 1 saturated heterocycles. The maximum absolute atomic E-state index is 11.6. The maximum Gasteiger partial charge on any atom is 0.211 e. The lowest BCUT2D eigenvalue weighted by molar-refractivity contribution is 0.387. The first kappa shape index (κ1) is 16.7. The zero-order valence-electron chi connectivity index (χ0n) is 13.7. The summed E-state index contributed by atoms with van der Waals surface area (Å²) in [6.07, 6.45) is 2.78. The van der Waals surface area contributed by atoms with Crippen molar-refractivity contribution in [2.24, 2.45) is 0 Å². The fourth-order valence-corrected chi connectivity index (χ4v) is 3.54. The molecule has 128 valence electrons. The number of sulfonamides is 1. The maximum atomic E-state index is 11.6. The second kappa shape index (κ2) is 6.74. The van der Waals surface area contributed by atoms with Crippen LogP contribution >= 0.6 is 0 Å².